The Morgan fingerprint density at radius 3 is 2.26 bits per heavy atom. The Labute approximate surface area is 140 Å². The molecule has 0 aromatic heterocycles. The minimum absolute atomic E-state index is 0.562. The van der Waals surface area contributed by atoms with Gasteiger partial charge in [0.25, 0.3) is 0 Å². The second-order valence-corrected chi connectivity index (χ2v) is 6.69. The number of hydrogen-bond acceptors (Lipinski definition) is 3. The first-order chi connectivity index (χ1) is 11.2. The predicted octanol–water partition coefficient (Wildman–Crippen LogP) is 2.04. The van der Waals surface area contributed by atoms with Crippen molar-refractivity contribution in [3.8, 4) is 11.5 Å². The molecule has 0 spiro atoms. The quantitative estimate of drug-likeness (QED) is 0.706. The van der Waals surface area contributed by atoms with Crippen LogP contribution in [-0.2, 0) is 4.74 Å². The zero-order chi connectivity index (χ0) is 16.5. The number of benzene rings is 1. The molecule has 0 aliphatic carbocycles. The van der Waals surface area contributed by atoms with Gasteiger partial charge in [0.15, 0.2) is 11.5 Å². The normalized spacial score (nSPS) is 24.4. The van der Waals surface area contributed by atoms with Gasteiger partial charge in [0.1, 0.15) is 13.2 Å². The Hall–Kier alpha value is -1.26. The van der Waals surface area contributed by atoms with E-state index in [0.29, 0.717) is 19.8 Å². The van der Waals surface area contributed by atoms with Crippen molar-refractivity contribution in [1.82, 2.24) is 0 Å². The molecule has 2 rings (SSSR count). The Morgan fingerprint density at radius 2 is 1.61 bits per heavy atom. The molecule has 4 nitrogen and oxygen atoms in total. The molecular formula is C19H32NO3+. The highest BCUT2D eigenvalue weighted by atomic mass is 16.5. The van der Waals surface area contributed by atoms with Crippen molar-refractivity contribution < 1.29 is 19.1 Å². The van der Waals surface area contributed by atoms with Crippen LogP contribution >= 0.6 is 0 Å². The fraction of sp³-hybridized carbons (Fsp3) is 0.684. The van der Waals surface area contributed by atoms with Crippen molar-refractivity contribution >= 4 is 0 Å². The molecule has 1 aliphatic rings. The van der Waals surface area contributed by atoms with Crippen LogP contribution in [0.3, 0.4) is 0 Å². The summed E-state index contributed by atoms with van der Waals surface area (Å²) in [5, 5.41) is 0. The van der Waals surface area contributed by atoms with Crippen LogP contribution in [0.2, 0.25) is 0 Å². The molecule has 23 heavy (non-hydrogen) atoms. The molecule has 0 amide bonds. The molecule has 0 saturated carbocycles. The third-order valence-corrected chi connectivity index (χ3v) is 4.31. The molecule has 1 aliphatic heterocycles. The highest BCUT2D eigenvalue weighted by Crippen LogP contribution is 2.26. The summed E-state index contributed by atoms with van der Waals surface area (Å²) in [6.45, 7) is 13.0. The van der Waals surface area contributed by atoms with Gasteiger partial charge in [-0.1, -0.05) is 26.0 Å². The summed E-state index contributed by atoms with van der Waals surface area (Å²) in [5.41, 5.74) is 0. The zero-order valence-corrected chi connectivity index (χ0v) is 14.8. The molecule has 130 valence electrons. The minimum Gasteiger partial charge on any atom is -0.490 e. The SMILES string of the molecule is CCOc1ccccc1OCCOCC[NH+]1C[C@@H](C)C[C@H](C)C1. The van der Waals surface area contributed by atoms with E-state index >= 15 is 0 Å². The van der Waals surface area contributed by atoms with Gasteiger partial charge in [-0.3, -0.25) is 0 Å². The van der Waals surface area contributed by atoms with Crippen LogP contribution in [0.15, 0.2) is 24.3 Å². The second kappa shape index (κ2) is 9.78. The lowest BCUT2D eigenvalue weighted by atomic mass is 9.92. The van der Waals surface area contributed by atoms with Gasteiger partial charge in [0, 0.05) is 11.8 Å². The number of piperidine rings is 1. The molecule has 1 saturated heterocycles. The Bertz CT molecular complexity index is 442. The number of quaternary nitrogens is 1. The van der Waals surface area contributed by atoms with E-state index < -0.39 is 0 Å². The van der Waals surface area contributed by atoms with Crippen molar-refractivity contribution in [1.29, 1.82) is 0 Å². The monoisotopic (exact) mass is 322 g/mol. The fourth-order valence-electron chi connectivity index (χ4n) is 3.50. The van der Waals surface area contributed by atoms with Crippen LogP contribution < -0.4 is 14.4 Å². The molecule has 0 unspecified atom stereocenters. The maximum absolute atomic E-state index is 5.76. The number of ether oxygens (including phenoxy) is 3. The van der Waals surface area contributed by atoms with E-state index in [2.05, 4.69) is 13.8 Å². The summed E-state index contributed by atoms with van der Waals surface area (Å²) in [6.07, 6.45) is 1.37. The van der Waals surface area contributed by atoms with Gasteiger partial charge < -0.3 is 19.1 Å². The third-order valence-electron chi connectivity index (χ3n) is 4.31. The summed E-state index contributed by atoms with van der Waals surface area (Å²) in [6, 6.07) is 7.78. The molecule has 1 aromatic carbocycles. The van der Waals surface area contributed by atoms with E-state index in [-0.39, 0.29) is 0 Å². The van der Waals surface area contributed by atoms with E-state index in [1.807, 2.05) is 31.2 Å². The van der Waals surface area contributed by atoms with Gasteiger partial charge in [0.05, 0.1) is 32.9 Å². The highest BCUT2D eigenvalue weighted by Gasteiger charge is 2.24. The number of nitrogens with one attached hydrogen (secondary N) is 1. The zero-order valence-electron chi connectivity index (χ0n) is 14.8. The average Bonchev–Trinajstić information content (AvgIpc) is 2.51. The van der Waals surface area contributed by atoms with Crippen LogP contribution in [0.4, 0.5) is 0 Å². The van der Waals surface area contributed by atoms with Crippen molar-refractivity contribution in [3.63, 3.8) is 0 Å². The van der Waals surface area contributed by atoms with Crippen LogP contribution in [0.5, 0.6) is 11.5 Å². The van der Waals surface area contributed by atoms with E-state index in [9.17, 15) is 0 Å². The fourth-order valence-corrected chi connectivity index (χ4v) is 3.50. The second-order valence-electron chi connectivity index (χ2n) is 6.69. The van der Waals surface area contributed by atoms with Gasteiger partial charge in [-0.25, -0.2) is 0 Å². The van der Waals surface area contributed by atoms with Crippen LogP contribution in [0, 0.1) is 11.8 Å². The van der Waals surface area contributed by atoms with E-state index in [4.69, 9.17) is 14.2 Å². The Kier molecular flexibility index (Phi) is 7.69. The van der Waals surface area contributed by atoms with Crippen LogP contribution in [0.1, 0.15) is 27.2 Å². The molecule has 1 fully saturated rings. The van der Waals surface area contributed by atoms with Crippen molar-refractivity contribution in [2.24, 2.45) is 11.8 Å². The molecular weight excluding hydrogens is 290 g/mol. The molecule has 0 radical (unpaired) electrons. The lowest BCUT2D eigenvalue weighted by molar-refractivity contribution is -0.912. The van der Waals surface area contributed by atoms with Gasteiger partial charge in [-0.2, -0.15) is 0 Å². The lowest BCUT2D eigenvalue weighted by Crippen LogP contribution is -3.14. The molecule has 4 heteroatoms. The van der Waals surface area contributed by atoms with Crippen LogP contribution in [0.25, 0.3) is 0 Å². The first-order valence-corrected chi connectivity index (χ1v) is 8.95. The summed E-state index contributed by atoms with van der Waals surface area (Å²) in [5.74, 6) is 3.28. The van der Waals surface area contributed by atoms with Crippen molar-refractivity contribution in [3.05, 3.63) is 24.3 Å². The van der Waals surface area contributed by atoms with Crippen molar-refractivity contribution in [2.45, 2.75) is 27.2 Å². The van der Waals surface area contributed by atoms with Gasteiger partial charge >= 0.3 is 0 Å². The van der Waals surface area contributed by atoms with E-state index in [1.54, 1.807) is 4.90 Å². The smallest absolute Gasteiger partial charge is 0.161 e. The predicted molar refractivity (Wildman–Crippen MR) is 92.4 cm³/mol. The van der Waals surface area contributed by atoms with Gasteiger partial charge in [-0.15, -0.1) is 0 Å². The van der Waals surface area contributed by atoms with E-state index in [0.717, 1.165) is 36.5 Å². The largest absolute Gasteiger partial charge is 0.490 e. The summed E-state index contributed by atoms with van der Waals surface area (Å²) in [7, 11) is 0. The number of rotatable bonds is 9. The number of hydrogen-bond donors (Lipinski definition) is 1. The highest BCUT2D eigenvalue weighted by molar-refractivity contribution is 5.39. The maximum atomic E-state index is 5.76. The Morgan fingerprint density at radius 1 is 0.957 bits per heavy atom. The van der Waals surface area contributed by atoms with Gasteiger partial charge in [-0.05, 0) is 25.5 Å². The van der Waals surface area contributed by atoms with Crippen molar-refractivity contribution in [2.75, 3.05) is 46.1 Å². The standard InChI is InChI=1S/C19H31NO3/c1-4-22-18-7-5-6-8-19(18)23-12-11-21-10-9-20-14-16(2)13-17(3)15-20/h5-8,16-17H,4,9-15H2,1-3H3/p+1/t16-,17-/m0/s1. The molecule has 2 atom stereocenters. The molecule has 1 aromatic rings. The summed E-state index contributed by atoms with van der Waals surface area (Å²) >= 11 is 0. The number of para-hydroxylation sites is 2. The average molecular weight is 322 g/mol. The lowest BCUT2D eigenvalue weighted by Gasteiger charge is -2.31. The first-order valence-electron chi connectivity index (χ1n) is 8.95. The first kappa shape index (κ1) is 18.1. The minimum atomic E-state index is 0.562. The number of likely N-dealkylation sites (tertiary alicyclic amines) is 1. The Balaban J connectivity index is 1.59. The van der Waals surface area contributed by atoms with Crippen LogP contribution in [-0.4, -0.2) is 46.1 Å². The maximum Gasteiger partial charge on any atom is 0.161 e. The summed E-state index contributed by atoms with van der Waals surface area (Å²) in [4.78, 5) is 1.68. The topological polar surface area (TPSA) is 32.1 Å². The molecule has 0 bridgehead atoms. The van der Waals surface area contributed by atoms with Gasteiger partial charge in [0.2, 0.25) is 0 Å². The van der Waals surface area contributed by atoms with E-state index in [1.165, 1.54) is 19.5 Å². The third kappa shape index (κ3) is 6.40. The molecule has 1 N–H and O–H groups in total. The summed E-state index contributed by atoms with van der Waals surface area (Å²) < 4.78 is 17.0. The molecule has 1 heterocycles.